The molecule has 0 heterocycles. The predicted octanol–water partition coefficient (Wildman–Crippen LogP) is 2.83. The van der Waals surface area contributed by atoms with Gasteiger partial charge in [0.05, 0.1) is 26.9 Å². The minimum atomic E-state index is -0.792. The molecule has 30 heavy (non-hydrogen) atoms. The van der Waals surface area contributed by atoms with E-state index in [0.29, 0.717) is 11.4 Å². The first-order valence-corrected chi connectivity index (χ1v) is 8.94. The third-order valence-corrected chi connectivity index (χ3v) is 4.12. The van der Waals surface area contributed by atoms with Crippen LogP contribution >= 0.6 is 0 Å². The van der Waals surface area contributed by atoms with Crippen LogP contribution < -0.4 is 24.8 Å². The standard InChI is InChI=1S/C21H24N2O7/c1-12-6-7-15(13(2)8-12)22-21(26)23-18(24)11-30-20(25)14-9-16(27-3)19(29-5)17(10-14)28-4/h6-10H,11H2,1-5H3,(H2,22,23,24,26). The lowest BCUT2D eigenvalue weighted by Gasteiger charge is -2.14. The molecule has 0 saturated carbocycles. The molecule has 0 saturated heterocycles. The molecule has 2 aromatic rings. The Kier molecular flexibility index (Phi) is 7.62. The van der Waals surface area contributed by atoms with Gasteiger partial charge in [-0.15, -0.1) is 0 Å². The van der Waals surface area contributed by atoms with Crippen LogP contribution in [0.2, 0.25) is 0 Å². The van der Waals surface area contributed by atoms with Gasteiger partial charge in [-0.2, -0.15) is 0 Å². The van der Waals surface area contributed by atoms with Crippen LogP contribution in [0.25, 0.3) is 0 Å². The van der Waals surface area contributed by atoms with Crippen LogP contribution in [0.15, 0.2) is 30.3 Å². The van der Waals surface area contributed by atoms with Crippen molar-refractivity contribution < 1.29 is 33.3 Å². The van der Waals surface area contributed by atoms with E-state index in [1.165, 1.54) is 33.5 Å². The molecule has 160 valence electrons. The average molecular weight is 416 g/mol. The molecule has 9 heteroatoms. The number of anilines is 1. The topological polar surface area (TPSA) is 112 Å². The maximum Gasteiger partial charge on any atom is 0.338 e. The Labute approximate surface area is 174 Å². The van der Waals surface area contributed by atoms with E-state index in [0.717, 1.165) is 11.1 Å². The highest BCUT2D eigenvalue weighted by Gasteiger charge is 2.19. The van der Waals surface area contributed by atoms with Crippen molar-refractivity contribution in [3.63, 3.8) is 0 Å². The smallest absolute Gasteiger partial charge is 0.338 e. The van der Waals surface area contributed by atoms with Crippen LogP contribution in [-0.2, 0) is 9.53 Å². The number of esters is 1. The maximum atomic E-state index is 12.3. The highest BCUT2D eigenvalue weighted by Crippen LogP contribution is 2.38. The summed E-state index contributed by atoms with van der Waals surface area (Å²) in [6.45, 7) is 3.13. The van der Waals surface area contributed by atoms with E-state index in [2.05, 4.69) is 10.6 Å². The van der Waals surface area contributed by atoms with Crippen molar-refractivity contribution in [3.8, 4) is 17.2 Å². The lowest BCUT2D eigenvalue weighted by molar-refractivity contribution is -0.123. The van der Waals surface area contributed by atoms with Crippen molar-refractivity contribution >= 4 is 23.6 Å². The van der Waals surface area contributed by atoms with Crippen molar-refractivity contribution in [1.82, 2.24) is 5.32 Å². The highest BCUT2D eigenvalue weighted by atomic mass is 16.5. The Hall–Kier alpha value is -3.75. The van der Waals surface area contributed by atoms with Gasteiger partial charge in [0.2, 0.25) is 5.75 Å². The maximum absolute atomic E-state index is 12.3. The Morgan fingerprint density at radius 1 is 0.900 bits per heavy atom. The fourth-order valence-electron chi connectivity index (χ4n) is 2.68. The minimum absolute atomic E-state index is 0.0945. The molecule has 0 spiro atoms. The number of urea groups is 1. The van der Waals surface area contributed by atoms with E-state index in [-0.39, 0.29) is 17.1 Å². The van der Waals surface area contributed by atoms with E-state index in [1.54, 1.807) is 6.07 Å². The molecule has 0 aliphatic carbocycles. The number of carbonyl (C=O) groups is 3. The summed E-state index contributed by atoms with van der Waals surface area (Å²) in [4.78, 5) is 36.2. The van der Waals surface area contributed by atoms with Crippen molar-refractivity contribution in [3.05, 3.63) is 47.0 Å². The van der Waals surface area contributed by atoms with Gasteiger partial charge in [-0.25, -0.2) is 9.59 Å². The fourth-order valence-corrected chi connectivity index (χ4v) is 2.68. The monoisotopic (exact) mass is 416 g/mol. The summed E-state index contributed by atoms with van der Waals surface area (Å²) in [7, 11) is 4.26. The lowest BCUT2D eigenvalue weighted by Crippen LogP contribution is -2.37. The number of methoxy groups -OCH3 is 3. The molecule has 0 atom stereocenters. The van der Waals surface area contributed by atoms with Crippen LogP contribution in [0.3, 0.4) is 0 Å². The molecule has 2 aromatic carbocycles. The first-order chi connectivity index (χ1) is 14.3. The van der Waals surface area contributed by atoms with Crippen molar-refractivity contribution in [2.24, 2.45) is 0 Å². The van der Waals surface area contributed by atoms with Crippen LogP contribution in [0.4, 0.5) is 10.5 Å². The number of ether oxygens (including phenoxy) is 4. The van der Waals surface area contributed by atoms with Crippen molar-refractivity contribution in [2.75, 3.05) is 33.3 Å². The average Bonchev–Trinajstić information content (AvgIpc) is 2.72. The molecule has 0 unspecified atom stereocenters. The summed E-state index contributed by atoms with van der Waals surface area (Å²) in [5.41, 5.74) is 2.57. The number of benzene rings is 2. The Bertz CT molecular complexity index is 931. The third kappa shape index (κ3) is 5.63. The van der Waals surface area contributed by atoms with Crippen LogP contribution in [0.5, 0.6) is 17.2 Å². The molecule has 2 N–H and O–H groups in total. The Morgan fingerprint density at radius 2 is 1.53 bits per heavy atom. The van der Waals surface area contributed by atoms with Gasteiger partial charge in [-0.3, -0.25) is 10.1 Å². The predicted molar refractivity (Wildman–Crippen MR) is 109 cm³/mol. The van der Waals surface area contributed by atoms with Crippen LogP contribution in [0, 0.1) is 13.8 Å². The molecular weight excluding hydrogens is 392 g/mol. The van der Waals surface area contributed by atoms with Gasteiger partial charge in [0.25, 0.3) is 5.91 Å². The molecule has 0 radical (unpaired) electrons. The first-order valence-electron chi connectivity index (χ1n) is 8.94. The first kappa shape index (κ1) is 22.5. The normalized spacial score (nSPS) is 10.0. The second-order valence-electron chi connectivity index (χ2n) is 6.31. The summed E-state index contributed by atoms with van der Waals surface area (Å²) in [6, 6.07) is 7.54. The van der Waals surface area contributed by atoms with Gasteiger partial charge in [0.1, 0.15) is 0 Å². The third-order valence-electron chi connectivity index (χ3n) is 4.12. The summed E-state index contributed by atoms with van der Waals surface area (Å²) in [6.07, 6.45) is 0. The second-order valence-corrected chi connectivity index (χ2v) is 6.31. The molecule has 2 rings (SSSR count). The summed E-state index contributed by atoms with van der Waals surface area (Å²) < 4.78 is 20.5. The Balaban J connectivity index is 1.95. The summed E-state index contributed by atoms with van der Waals surface area (Å²) in [5.74, 6) is -0.725. The molecule has 0 fully saturated rings. The zero-order chi connectivity index (χ0) is 22.3. The minimum Gasteiger partial charge on any atom is -0.493 e. The summed E-state index contributed by atoms with van der Waals surface area (Å²) >= 11 is 0. The number of hydrogen-bond donors (Lipinski definition) is 2. The molecule has 0 aliphatic heterocycles. The number of amides is 3. The van der Waals surface area contributed by atoms with E-state index in [1.807, 2.05) is 26.0 Å². The van der Waals surface area contributed by atoms with Crippen LogP contribution in [0.1, 0.15) is 21.5 Å². The molecule has 9 nitrogen and oxygen atoms in total. The highest BCUT2D eigenvalue weighted by molar-refractivity contribution is 6.02. The Morgan fingerprint density at radius 3 is 2.07 bits per heavy atom. The fraction of sp³-hybridized carbons (Fsp3) is 0.286. The number of imide groups is 1. The molecule has 0 aromatic heterocycles. The molecule has 3 amide bonds. The molecule has 0 aliphatic rings. The molecular formula is C21H24N2O7. The number of aryl methyl sites for hydroxylation is 2. The van der Waals surface area contributed by atoms with Gasteiger partial charge < -0.3 is 24.3 Å². The number of hydrogen-bond acceptors (Lipinski definition) is 7. The van der Waals surface area contributed by atoms with E-state index in [9.17, 15) is 14.4 Å². The molecule has 0 bridgehead atoms. The largest absolute Gasteiger partial charge is 0.493 e. The van der Waals surface area contributed by atoms with Gasteiger partial charge in [-0.05, 0) is 37.6 Å². The van der Waals surface area contributed by atoms with E-state index < -0.39 is 24.5 Å². The van der Waals surface area contributed by atoms with Gasteiger partial charge >= 0.3 is 12.0 Å². The lowest BCUT2D eigenvalue weighted by atomic mass is 10.1. The van der Waals surface area contributed by atoms with Gasteiger partial charge in [0, 0.05) is 5.69 Å². The van der Waals surface area contributed by atoms with Crippen molar-refractivity contribution in [2.45, 2.75) is 13.8 Å². The van der Waals surface area contributed by atoms with Gasteiger partial charge in [0.15, 0.2) is 18.1 Å². The summed E-state index contributed by atoms with van der Waals surface area (Å²) in [5, 5.41) is 4.68. The number of carbonyl (C=O) groups excluding carboxylic acids is 3. The van der Waals surface area contributed by atoms with Crippen LogP contribution in [-0.4, -0.2) is 45.8 Å². The van der Waals surface area contributed by atoms with E-state index in [4.69, 9.17) is 18.9 Å². The zero-order valence-electron chi connectivity index (χ0n) is 17.5. The quantitative estimate of drug-likeness (QED) is 0.668. The number of rotatable bonds is 7. The van der Waals surface area contributed by atoms with Gasteiger partial charge in [-0.1, -0.05) is 17.7 Å². The zero-order valence-corrected chi connectivity index (χ0v) is 17.5. The number of nitrogens with one attached hydrogen (secondary N) is 2. The second kappa shape index (κ2) is 10.1. The van der Waals surface area contributed by atoms with Crippen molar-refractivity contribution in [1.29, 1.82) is 0 Å². The van der Waals surface area contributed by atoms with E-state index >= 15 is 0 Å². The SMILES string of the molecule is COc1cc(C(=O)OCC(=O)NC(=O)Nc2ccc(C)cc2C)cc(OC)c1OC.